The molecule has 1 heterocycles. The van der Waals surface area contributed by atoms with Crippen molar-refractivity contribution in [3.63, 3.8) is 0 Å². The van der Waals surface area contributed by atoms with Gasteiger partial charge in [0.2, 0.25) is 0 Å². The van der Waals surface area contributed by atoms with E-state index in [0.717, 1.165) is 25.7 Å². The third-order valence-corrected chi connectivity index (χ3v) is 3.33. The fourth-order valence-corrected chi connectivity index (χ4v) is 2.54. The smallest absolute Gasteiger partial charge is 0.0471 e. The molecule has 12 heavy (non-hydrogen) atoms. The zero-order chi connectivity index (χ0) is 7.73. The summed E-state index contributed by atoms with van der Waals surface area (Å²) in [5.74, 6) is 0.827. The molecule has 0 radical (unpaired) electrons. The number of rotatable bonds is 1. The van der Waals surface area contributed by atoms with E-state index in [4.69, 9.17) is 10.5 Å². The molecular weight excluding hydrogens is 174 g/mol. The standard InChI is InChI=1S/C9H17NO.ClH/c10-7-8-5-9(6-8)1-3-11-4-2-9;/h8H,1-7,10H2;1H. The summed E-state index contributed by atoms with van der Waals surface area (Å²) in [4.78, 5) is 0. The molecule has 1 saturated heterocycles. The minimum atomic E-state index is 0. The first-order valence-corrected chi connectivity index (χ1v) is 4.62. The number of nitrogens with two attached hydrogens (primary N) is 1. The minimum Gasteiger partial charge on any atom is -0.381 e. The van der Waals surface area contributed by atoms with E-state index < -0.39 is 0 Å². The fourth-order valence-electron chi connectivity index (χ4n) is 2.54. The van der Waals surface area contributed by atoms with Gasteiger partial charge in [0.1, 0.15) is 0 Å². The average molecular weight is 192 g/mol. The summed E-state index contributed by atoms with van der Waals surface area (Å²) in [6.07, 6.45) is 5.30. The second-order valence-corrected chi connectivity index (χ2v) is 4.12. The van der Waals surface area contributed by atoms with E-state index in [1.54, 1.807) is 0 Å². The van der Waals surface area contributed by atoms with Crippen LogP contribution in [0.5, 0.6) is 0 Å². The third-order valence-electron chi connectivity index (χ3n) is 3.33. The number of hydrogen-bond donors (Lipinski definition) is 1. The first-order valence-electron chi connectivity index (χ1n) is 4.62. The molecule has 0 atom stereocenters. The lowest BCUT2D eigenvalue weighted by Gasteiger charge is -2.49. The Balaban J connectivity index is 0.000000720. The maximum absolute atomic E-state index is 5.59. The normalized spacial score (nSPS) is 27.8. The van der Waals surface area contributed by atoms with E-state index in [1.807, 2.05) is 0 Å². The van der Waals surface area contributed by atoms with Gasteiger partial charge in [0, 0.05) is 13.2 Å². The monoisotopic (exact) mass is 191 g/mol. The van der Waals surface area contributed by atoms with Crippen LogP contribution in [0.25, 0.3) is 0 Å². The molecule has 1 aliphatic heterocycles. The zero-order valence-corrected chi connectivity index (χ0v) is 8.24. The minimum absolute atomic E-state index is 0. The first-order chi connectivity index (χ1) is 5.35. The molecule has 0 bridgehead atoms. The summed E-state index contributed by atoms with van der Waals surface area (Å²) >= 11 is 0. The maximum Gasteiger partial charge on any atom is 0.0471 e. The van der Waals surface area contributed by atoms with Crippen molar-refractivity contribution in [3.8, 4) is 0 Å². The van der Waals surface area contributed by atoms with E-state index in [1.165, 1.54) is 25.7 Å². The highest BCUT2D eigenvalue weighted by Crippen LogP contribution is 2.51. The molecule has 1 saturated carbocycles. The van der Waals surface area contributed by atoms with E-state index in [0.29, 0.717) is 5.41 Å². The van der Waals surface area contributed by atoms with Crippen molar-refractivity contribution in [2.75, 3.05) is 19.8 Å². The van der Waals surface area contributed by atoms with Gasteiger partial charge >= 0.3 is 0 Å². The molecule has 1 aliphatic carbocycles. The highest BCUT2D eigenvalue weighted by molar-refractivity contribution is 5.85. The van der Waals surface area contributed by atoms with Crippen LogP contribution in [-0.2, 0) is 4.74 Å². The largest absolute Gasteiger partial charge is 0.381 e. The van der Waals surface area contributed by atoms with Crippen LogP contribution in [0.1, 0.15) is 25.7 Å². The van der Waals surface area contributed by atoms with Crippen molar-refractivity contribution >= 4 is 12.4 Å². The van der Waals surface area contributed by atoms with Crippen LogP contribution in [0, 0.1) is 11.3 Å². The Labute approximate surface area is 80.3 Å². The molecule has 3 heteroatoms. The van der Waals surface area contributed by atoms with Crippen molar-refractivity contribution in [2.24, 2.45) is 17.1 Å². The summed E-state index contributed by atoms with van der Waals surface area (Å²) in [7, 11) is 0. The van der Waals surface area contributed by atoms with Crippen molar-refractivity contribution in [1.29, 1.82) is 0 Å². The van der Waals surface area contributed by atoms with Crippen LogP contribution >= 0.6 is 12.4 Å². The van der Waals surface area contributed by atoms with Crippen molar-refractivity contribution in [2.45, 2.75) is 25.7 Å². The zero-order valence-electron chi connectivity index (χ0n) is 7.42. The second-order valence-electron chi connectivity index (χ2n) is 4.12. The Morgan fingerprint density at radius 3 is 2.33 bits per heavy atom. The predicted octanol–water partition coefficient (Wildman–Crippen LogP) is 1.57. The van der Waals surface area contributed by atoms with Gasteiger partial charge in [-0.3, -0.25) is 0 Å². The molecule has 0 aromatic rings. The molecule has 0 unspecified atom stereocenters. The van der Waals surface area contributed by atoms with Gasteiger partial charge in [0.25, 0.3) is 0 Å². The first kappa shape index (κ1) is 10.3. The van der Waals surface area contributed by atoms with Crippen LogP contribution in [0.2, 0.25) is 0 Å². The lowest BCUT2D eigenvalue weighted by atomic mass is 9.58. The maximum atomic E-state index is 5.59. The quantitative estimate of drug-likeness (QED) is 0.683. The van der Waals surface area contributed by atoms with Crippen LogP contribution < -0.4 is 5.73 Å². The SMILES string of the molecule is Cl.NCC1CC2(CCOCC2)C1. The molecule has 72 valence electrons. The van der Waals surface area contributed by atoms with Gasteiger partial charge in [-0.1, -0.05) is 0 Å². The molecule has 2 rings (SSSR count). The third kappa shape index (κ3) is 1.76. The van der Waals surface area contributed by atoms with Crippen LogP contribution in [-0.4, -0.2) is 19.8 Å². The number of halogens is 1. The Morgan fingerprint density at radius 2 is 1.83 bits per heavy atom. The predicted molar refractivity (Wildman–Crippen MR) is 51.5 cm³/mol. The topological polar surface area (TPSA) is 35.2 Å². The molecule has 2 fully saturated rings. The molecule has 0 aromatic heterocycles. The Morgan fingerprint density at radius 1 is 1.25 bits per heavy atom. The number of hydrogen-bond acceptors (Lipinski definition) is 2. The Kier molecular flexibility index (Phi) is 3.38. The van der Waals surface area contributed by atoms with Gasteiger partial charge in [-0.05, 0) is 43.6 Å². The molecule has 0 amide bonds. The van der Waals surface area contributed by atoms with Crippen molar-refractivity contribution < 1.29 is 4.74 Å². The van der Waals surface area contributed by atoms with E-state index in [2.05, 4.69) is 0 Å². The summed E-state index contributed by atoms with van der Waals surface area (Å²) in [6, 6.07) is 0. The molecule has 2 nitrogen and oxygen atoms in total. The van der Waals surface area contributed by atoms with E-state index >= 15 is 0 Å². The van der Waals surface area contributed by atoms with Crippen molar-refractivity contribution in [3.05, 3.63) is 0 Å². The van der Waals surface area contributed by atoms with Gasteiger partial charge in [0.05, 0.1) is 0 Å². The number of ether oxygens (including phenoxy) is 1. The fraction of sp³-hybridized carbons (Fsp3) is 1.00. The summed E-state index contributed by atoms with van der Waals surface area (Å²) in [5, 5.41) is 0. The van der Waals surface area contributed by atoms with Gasteiger partial charge in [-0.25, -0.2) is 0 Å². The lowest BCUT2D eigenvalue weighted by molar-refractivity contribution is -0.0562. The summed E-state index contributed by atoms with van der Waals surface area (Å²) in [6.45, 7) is 2.86. The van der Waals surface area contributed by atoms with Crippen LogP contribution in [0.15, 0.2) is 0 Å². The molecule has 2 aliphatic rings. The summed E-state index contributed by atoms with van der Waals surface area (Å²) < 4.78 is 5.34. The molecular formula is C9H18ClNO. The Hall–Kier alpha value is 0.210. The molecule has 0 aromatic carbocycles. The van der Waals surface area contributed by atoms with E-state index in [-0.39, 0.29) is 12.4 Å². The van der Waals surface area contributed by atoms with Gasteiger partial charge in [-0.15, -0.1) is 12.4 Å². The highest BCUT2D eigenvalue weighted by Gasteiger charge is 2.43. The molecule has 2 N–H and O–H groups in total. The average Bonchev–Trinajstić information content (AvgIpc) is 2.01. The lowest BCUT2D eigenvalue weighted by Crippen LogP contribution is -2.44. The van der Waals surface area contributed by atoms with Gasteiger partial charge in [-0.2, -0.15) is 0 Å². The van der Waals surface area contributed by atoms with Crippen LogP contribution in [0.3, 0.4) is 0 Å². The van der Waals surface area contributed by atoms with Gasteiger partial charge < -0.3 is 10.5 Å². The van der Waals surface area contributed by atoms with Crippen molar-refractivity contribution in [1.82, 2.24) is 0 Å². The summed E-state index contributed by atoms with van der Waals surface area (Å²) in [5.41, 5.74) is 6.26. The molecule has 1 spiro atoms. The van der Waals surface area contributed by atoms with Crippen LogP contribution in [0.4, 0.5) is 0 Å². The Bertz CT molecular complexity index is 137. The van der Waals surface area contributed by atoms with E-state index in [9.17, 15) is 0 Å². The van der Waals surface area contributed by atoms with Gasteiger partial charge in [0.15, 0.2) is 0 Å². The highest BCUT2D eigenvalue weighted by atomic mass is 35.5. The second kappa shape index (κ2) is 3.95.